The second kappa shape index (κ2) is 6.42. The Balaban J connectivity index is 1.73. The van der Waals surface area contributed by atoms with Crippen LogP contribution in [0.4, 0.5) is 4.79 Å². The Morgan fingerprint density at radius 2 is 1.95 bits per heavy atom. The first-order valence-corrected chi connectivity index (χ1v) is 6.78. The predicted molar refractivity (Wildman–Crippen MR) is 70.4 cm³/mol. The van der Waals surface area contributed by atoms with Crippen LogP contribution >= 0.6 is 0 Å². The van der Waals surface area contributed by atoms with Crippen molar-refractivity contribution >= 4 is 23.8 Å². The van der Waals surface area contributed by atoms with Crippen LogP contribution in [0.15, 0.2) is 0 Å². The summed E-state index contributed by atoms with van der Waals surface area (Å²) in [5.41, 5.74) is 0. The molecule has 0 aromatic carbocycles. The molecule has 0 spiro atoms. The van der Waals surface area contributed by atoms with Gasteiger partial charge in [-0.05, 0) is 6.42 Å². The van der Waals surface area contributed by atoms with Crippen LogP contribution in [-0.4, -0.2) is 77.5 Å². The number of nitrogens with one attached hydrogen (secondary N) is 2. The second-order valence-corrected chi connectivity index (χ2v) is 5.05. The lowest BCUT2D eigenvalue weighted by Gasteiger charge is -2.37. The number of carboxylic acid groups (broad SMARTS) is 1. The largest absolute Gasteiger partial charge is 0.480 e. The highest BCUT2D eigenvalue weighted by molar-refractivity contribution is 5.86. The van der Waals surface area contributed by atoms with E-state index >= 15 is 0 Å². The van der Waals surface area contributed by atoms with Gasteiger partial charge in [-0.15, -0.1) is 0 Å². The summed E-state index contributed by atoms with van der Waals surface area (Å²) in [5, 5.41) is 13.0. The topological polar surface area (TPSA) is 119 Å². The number of amides is 4. The Bertz CT molecular complexity index is 467. The summed E-state index contributed by atoms with van der Waals surface area (Å²) in [6, 6.07) is -0.308. The van der Waals surface area contributed by atoms with E-state index in [-0.39, 0.29) is 24.5 Å². The van der Waals surface area contributed by atoms with Crippen LogP contribution < -0.4 is 10.6 Å². The number of carboxylic acids is 1. The monoisotopic (exact) mass is 298 g/mol. The molecule has 116 valence electrons. The molecule has 3 N–H and O–H groups in total. The normalized spacial score (nSPS) is 21.0. The molecular formula is C12H18N4O5. The van der Waals surface area contributed by atoms with Gasteiger partial charge in [-0.25, -0.2) is 4.79 Å². The molecule has 2 heterocycles. The van der Waals surface area contributed by atoms with E-state index in [4.69, 9.17) is 5.11 Å². The fourth-order valence-corrected chi connectivity index (χ4v) is 2.55. The number of fused-ring (bicyclic) bond motifs is 1. The van der Waals surface area contributed by atoms with Gasteiger partial charge in [-0.2, -0.15) is 0 Å². The van der Waals surface area contributed by atoms with E-state index in [2.05, 4.69) is 10.6 Å². The molecule has 2 aliphatic heterocycles. The third kappa shape index (κ3) is 3.83. The van der Waals surface area contributed by atoms with Crippen molar-refractivity contribution in [2.24, 2.45) is 0 Å². The molecule has 2 rings (SSSR count). The molecule has 0 aromatic rings. The maximum absolute atomic E-state index is 11.9. The molecule has 2 saturated heterocycles. The maximum atomic E-state index is 11.9. The van der Waals surface area contributed by atoms with Gasteiger partial charge in [0.25, 0.3) is 0 Å². The van der Waals surface area contributed by atoms with E-state index in [1.54, 1.807) is 9.80 Å². The highest BCUT2D eigenvalue weighted by atomic mass is 16.4. The molecule has 0 radical (unpaired) electrons. The average molecular weight is 298 g/mol. The first kappa shape index (κ1) is 15.1. The lowest BCUT2D eigenvalue weighted by molar-refractivity contribution is -0.137. The van der Waals surface area contributed by atoms with E-state index in [1.807, 2.05) is 0 Å². The van der Waals surface area contributed by atoms with E-state index in [0.717, 1.165) is 6.42 Å². The SMILES string of the molecule is O=C(O)CNC(=O)CNC(=O)N1CCN2C(=O)CCC2C1. The van der Waals surface area contributed by atoms with Crippen molar-refractivity contribution in [2.45, 2.75) is 18.9 Å². The smallest absolute Gasteiger partial charge is 0.322 e. The molecule has 2 fully saturated rings. The number of hydrogen-bond donors (Lipinski definition) is 3. The number of aliphatic carboxylic acids is 1. The maximum Gasteiger partial charge on any atom is 0.322 e. The molecule has 2 aliphatic rings. The summed E-state index contributed by atoms with van der Waals surface area (Å²) in [4.78, 5) is 48.4. The van der Waals surface area contributed by atoms with Gasteiger partial charge in [-0.1, -0.05) is 0 Å². The molecule has 4 amide bonds. The Labute approximate surface area is 121 Å². The summed E-state index contributed by atoms with van der Waals surface area (Å²) in [5.74, 6) is -1.56. The first-order chi connectivity index (χ1) is 9.97. The van der Waals surface area contributed by atoms with E-state index < -0.39 is 18.4 Å². The molecule has 9 heteroatoms. The predicted octanol–water partition coefficient (Wildman–Crippen LogP) is -1.80. The van der Waals surface area contributed by atoms with Crippen LogP contribution in [0.1, 0.15) is 12.8 Å². The van der Waals surface area contributed by atoms with Crippen molar-refractivity contribution in [1.29, 1.82) is 0 Å². The quantitative estimate of drug-likeness (QED) is 0.566. The number of nitrogens with zero attached hydrogens (tertiary/aromatic N) is 2. The Kier molecular flexibility index (Phi) is 4.61. The zero-order valence-electron chi connectivity index (χ0n) is 11.5. The molecular weight excluding hydrogens is 280 g/mol. The van der Waals surface area contributed by atoms with Crippen molar-refractivity contribution < 1.29 is 24.3 Å². The minimum absolute atomic E-state index is 0.0674. The van der Waals surface area contributed by atoms with E-state index in [9.17, 15) is 19.2 Å². The molecule has 0 aromatic heterocycles. The lowest BCUT2D eigenvalue weighted by atomic mass is 10.2. The fraction of sp³-hybridized carbons (Fsp3) is 0.667. The third-order valence-corrected chi connectivity index (χ3v) is 3.62. The summed E-state index contributed by atoms with van der Waals surface area (Å²) in [6.07, 6.45) is 1.28. The van der Waals surface area contributed by atoms with Crippen LogP contribution in [0.3, 0.4) is 0 Å². The second-order valence-electron chi connectivity index (χ2n) is 5.05. The Morgan fingerprint density at radius 3 is 2.67 bits per heavy atom. The highest BCUT2D eigenvalue weighted by Crippen LogP contribution is 2.22. The van der Waals surface area contributed by atoms with Crippen LogP contribution in [0.5, 0.6) is 0 Å². The molecule has 1 unspecified atom stereocenters. The Hall–Kier alpha value is -2.32. The summed E-state index contributed by atoms with van der Waals surface area (Å²) < 4.78 is 0. The average Bonchev–Trinajstić information content (AvgIpc) is 2.83. The van der Waals surface area contributed by atoms with Gasteiger partial charge in [0, 0.05) is 32.1 Å². The fourth-order valence-electron chi connectivity index (χ4n) is 2.55. The summed E-state index contributed by atoms with van der Waals surface area (Å²) >= 11 is 0. The third-order valence-electron chi connectivity index (χ3n) is 3.62. The van der Waals surface area contributed by atoms with Gasteiger partial charge in [0.1, 0.15) is 6.54 Å². The van der Waals surface area contributed by atoms with Gasteiger partial charge in [0.2, 0.25) is 11.8 Å². The van der Waals surface area contributed by atoms with Gasteiger partial charge >= 0.3 is 12.0 Å². The minimum Gasteiger partial charge on any atom is -0.480 e. The molecule has 0 aliphatic carbocycles. The van der Waals surface area contributed by atoms with Gasteiger partial charge in [0.05, 0.1) is 6.54 Å². The van der Waals surface area contributed by atoms with Gasteiger partial charge < -0.3 is 25.5 Å². The molecule has 0 bridgehead atoms. The number of carbonyl (C=O) groups excluding carboxylic acids is 3. The van der Waals surface area contributed by atoms with Crippen molar-refractivity contribution in [3.8, 4) is 0 Å². The molecule has 9 nitrogen and oxygen atoms in total. The summed E-state index contributed by atoms with van der Waals surface area (Å²) in [7, 11) is 0. The number of rotatable bonds is 4. The number of hydrogen-bond acceptors (Lipinski definition) is 4. The van der Waals surface area contributed by atoms with E-state index in [0.29, 0.717) is 26.1 Å². The molecule has 0 saturated carbocycles. The van der Waals surface area contributed by atoms with Crippen molar-refractivity contribution in [1.82, 2.24) is 20.4 Å². The Morgan fingerprint density at radius 1 is 1.19 bits per heavy atom. The zero-order chi connectivity index (χ0) is 15.4. The number of carbonyl (C=O) groups is 4. The first-order valence-electron chi connectivity index (χ1n) is 6.78. The van der Waals surface area contributed by atoms with Crippen LogP contribution in [0, 0.1) is 0 Å². The van der Waals surface area contributed by atoms with Crippen LogP contribution in [-0.2, 0) is 14.4 Å². The van der Waals surface area contributed by atoms with Gasteiger partial charge in [0.15, 0.2) is 0 Å². The van der Waals surface area contributed by atoms with Crippen LogP contribution in [0.2, 0.25) is 0 Å². The lowest BCUT2D eigenvalue weighted by Crippen LogP contribution is -2.56. The van der Waals surface area contributed by atoms with Crippen molar-refractivity contribution in [3.63, 3.8) is 0 Å². The molecule has 21 heavy (non-hydrogen) atoms. The van der Waals surface area contributed by atoms with Crippen LogP contribution in [0.25, 0.3) is 0 Å². The highest BCUT2D eigenvalue weighted by Gasteiger charge is 2.36. The minimum atomic E-state index is -1.14. The number of piperazine rings is 1. The van der Waals surface area contributed by atoms with Gasteiger partial charge in [-0.3, -0.25) is 14.4 Å². The van der Waals surface area contributed by atoms with Crippen molar-refractivity contribution in [3.05, 3.63) is 0 Å². The number of urea groups is 1. The van der Waals surface area contributed by atoms with Crippen molar-refractivity contribution in [2.75, 3.05) is 32.7 Å². The summed E-state index contributed by atoms with van der Waals surface area (Å²) in [6.45, 7) is 0.675. The standard InChI is InChI=1S/C12H18N4O5/c17-9(13-6-11(19)20)5-14-12(21)15-3-4-16-8(7-15)1-2-10(16)18/h8H,1-7H2,(H,13,17)(H,14,21)(H,19,20). The van der Waals surface area contributed by atoms with E-state index in [1.165, 1.54) is 0 Å². The molecule has 1 atom stereocenters. The zero-order valence-corrected chi connectivity index (χ0v) is 11.5.